The van der Waals surface area contributed by atoms with Crippen LogP contribution in [0.15, 0.2) is 48.6 Å². The Bertz CT molecular complexity index is 765. The average Bonchev–Trinajstić information content (AvgIpc) is 2.82. The molecule has 0 aliphatic rings. The van der Waals surface area contributed by atoms with Crippen molar-refractivity contribution in [2.24, 2.45) is 0 Å². The van der Waals surface area contributed by atoms with Crippen molar-refractivity contribution in [2.75, 3.05) is 40.8 Å². The van der Waals surface area contributed by atoms with Gasteiger partial charge in [-0.05, 0) is 44.9 Å². The van der Waals surface area contributed by atoms with E-state index >= 15 is 0 Å². The van der Waals surface area contributed by atoms with Crippen molar-refractivity contribution in [2.45, 2.75) is 83.7 Å². The monoisotopic (exact) mass is 534 g/mol. The summed E-state index contributed by atoms with van der Waals surface area (Å²) in [4.78, 5) is 34.6. The lowest BCUT2D eigenvalue weighted by Crippen LogP contribution is -2.45. The molecule has 0 rings (SSSR count). The zero-order valence-corrected chi connectivity index (χ0v) is 24.0. The van der Waals surface area contributed by atoms with Crippen LogP contribution in [0.4, 0.5) is 4.79 Å². The summed E-state index contributed by atoms with van der Waals surface area (Å²) in [6, 6.07) is 0. The van der Waals surface area contributed by atoms with Crippen LogP contribution in [-0.2, 0) is 19.1 Å². The first-order valence-electron chi connectivity index (χ1n) is 13.8. The van der Waals surface area contributed by atoms with Gasteiger partial charge < -0.3 is 29.2 Å². The van der Waals surface area contributed by atoms with Gasteiger partial charge in [0, 0.05) is 18.8 Å². The lowest BCUT2D eigenvalue weighted by atomic mass is 10.2. The fraction of sp³-hybridized carbons (Fsp3) is 0.633. The molecular formula is C30H50N2O6. The van der Waals surface area contributed by atoms with Crippen molar-refractivity contribution in [3.05, 3.63) is 48.6 Å². The third kappa shape index (κ3) is 26.2. The normalized spacial score (nSPS) is 13.1. The number of amides is 1. The van der Waals surface area contributed by atoms with E-state index in [9.17, 15) is 19.5 Å². The molecule has 0 aliphatic carbocycles. The Labute approximate surface area is 230 Å². The number of nitrogens with zero attached hydrogens (tertiary/aromatic N) is 1. The van der Waals surface area contributed by atoms with Gasteiger partial charge in [-0.2, -0.15) is 0 Å². The summed E-state index contributed by atoms with van der Waals surface area (Å²) in [6.45, 7) is 2.64. The number of likely N-dealkylation sites (N-methyl/N-ethyl adjacent to an activating group) is 1. The number of carboxylic acids is 1. The first-order chi connectivity index (χ1) is 18.1. The molecule has 0 aromatic rings. The lowest BCUT2D eigenvalue weighted by molar-refractivity contribution is -0.873. The molecule has 0 aliphatic heterocycles. The average molecular weight is 535 g/mol. The third-order valence-electron chi connectivity index (χ3n) is 5.28. The highest BCUT2D eigenvalue weighted by Gasteiger charge is 2.23. The molecule has 0 spiro atoms. The molecule has 1 atom stereocenters. The molecule has 38 heavy (non-hydrogen) atoms. The van der Waals surface area contributed by atoms with Gasteiger partial charge >= 0.3 is 6.16 Å². The maximum atomic E-state index is 11.9. The van der Waals surface area contributed by atoms with E-state index in [1.54, 1.807) is 0 Å². The molecule has 0 fully saturated rings. The molecule has 216 valence electrons. The van der Waals surface area contributed by atoms with E-state index in [1.807, 2.05) is 21.1 Å². The van der Waals surface area contributed by atoms with Gasteiger partial charge in [0.2, 0.25) is 5.91 Å². The zero-order valence-electron chi connectivity index (χ0n) is 24.0. The second-order valence-electron chi connectivity index (χ2n) is 10.2. The van der Waals surface area contributed by atoms with Gasteiger partial charge in [0.25, 0.3) is 0 Å². The van der Waals surface area contributed by atoms with Crippen LogP contribution in [0.1, 0.15) is 77.6 Å². The number of allylic oxidation sites excluding steroid dienone is 8. The largest absolute Gasteiger partial charge is 0.550 e. The number of aliphatic carboxylic acids is 1. The molecule has 0 saturated carbocycles. The van der Waals surface area contributed by atoms with Crippen molar-refractivity contribution in [1.29, 1.82) is 0 Å². The second kappa shape index (κ2) is 23.3. The maximum absolute atomic E-state index is 11.9. The smallest absolute Gasteiger partial charge is 0.508 e. The Kier molecular flexibility index (Phi) is 21.5. The number of carbonyl (C=O) groups excluding carboxylic acids is 3. The quantitative estimate of drug-likeness (QED) is 0.0941. The van der Waals surface area contributed by atoms with Gasteiger partial charge in [-0.1, -0.05) is 68.4 Å². The lowest BCUT2D eigenvalue weighted by Gasteiger charge is -2.28. The predicted molar refractivity (Wildman–Crippen MR) is 150 cm³/mol. The zero-order chi connectivity index (χ0) is 28.5. The minimum atomic E-state index is -1.30. The Morgan fingerprint density at radius 2 is 1.39 bits per heavy atom. The van der Waals surface area contributed by atoms with Gasteiger partial charge in [-0.25, -0.2) is 4.79 Å². The summed E-state index contributed by atoms with van der Waals surface area (Å²) in [7, 11) is 5.57. The van der Waals surface area contributed by atoms with E-state index in [2.05, 4.69) is 60.8 Å². The molecular weight excluding hydrogens is 484 g/mol. The van der Waals surface area contributed by atoms with Gasteiger partial charge in [-0.15, -0.1) is 0 Å². The summed E-state index contributed by atoms with van der Waals surface area (Å²) in [6.07, 6.45) is 25.0. The van der Waals surface area contributed by atoms with Crippen LogP contribution in [0.25, 0.3) is 0 Å². The fourth-order valence-corrected chi connectivity index (χ4v) is 3.47. The van der Waals surface area contributed by atoms with E-state index in [0.29, 0.717) is 17.4 Å². The van der Waals surface area contributed by atoms with E-state index in [-0.39, 0.29) is 19.1 Å². The van der Waals surface area contributed by atoms with E-state index in [0.717, 1.165) is 32.1 Å². The Balaban J connectivity index is 3.80. The van der Waals surface area contributed by atoms with Crippen molar-refractivity contribution in [3.8, 4) is 0 Å². The number of hydrogen-bond donors (Lipinski definition) is 1. The summed E-state index contributed by atoms with van der Waals surface area (Å²) < 4.78 is 10.4. The van der Waals surface area contributed by atoms with Gasteiger partial charge in [0.15, 0.2) is 6.10 Å². The SMILES string of the molecule is CCCCC/C=C\C/C=C\C/C=C\C/C=C\CCCC(=O)NCCOC(=O)OC(CC(=O)[O-])C[N+](C)(C)C. The highest BCUT2D eigenvalue weighted by molar-refractivity contribution is 5.75. The van der Waals surface area contributed by atoms with Crippen LogP contribution in [0.3, 0.4) is 0 Å². The Morgan fingerprint density at radius 3 is 1.92 bits per heavy atom. The second-order valence-corrected chi connectivity index (χ2v) is 10.2. The summed E-state index contributed by atoms with van der Waals surface area (Å²) in [5.41, 5.74) is 0. The Morgan fingerprint density at radius 1 is 0.842 bits per heavy atom. The van der Waals surface area contributed by atoms with E-state index < -0.39 is 24.6 Å². The first-order valence-corrected chi connectivity index (χ1v) is 13.8. The number of ether oxygens (including phenoxy) is 2. The highest BCUT2D eigenvalue weighted by atomic mass is 16.7. The van der Waals surface area contributed by atoms with E-state index in [4.69, 9.17) is 9.47 Å². The summed E-state index contributed by atoms with van der Waals surface area (Å²) >= 11 is 0. The standard InChI is InChI=1S/C30H50N2O6/c1-5-6-7-8-9-10-11-12-13-14-15-16-17-18-19-20-21-22-28(33)31-23-24-37-30(36)38-27(25-29(34)35)26-32(2,3)4/h9-10,12-13,15-16,18-19,27H,5-8,11,14,17,20-26H2,1-4H3,(H-,31,33,34,35)/b10-9-,13-12-,16-15-,19-18-. The highest BCUT2D eigenvalue weighted by Crippen LogP contribution is 2.06. The predicted octanol–water partition coefficient (Wildman–Crippen LogP) is 4.62. The molecule has 0 aromatic carbocycles. The Hall–Kier alpha value is -2.87. The van der Waals surface area contributed by atoms with Crippen LogP contribution in [0, 0.1) is 0 Å². The topological polar surface area (TPSA) is 105 Å². The maximum Gasteiger partial charge on any atom is 0.508 e. The van der Waals surface area contributed by atoms with Crippen LogP contribution in [0.2, 0.25) is 0 Å². The van der Waals surface area contributed by atoms with Crippen molar-refractivity contribution < 1.29 is 33.4 Å². The molecule has 1 N–H and O–H groups in total. The number of rotatable bonds is 22. The number of carbonyl (C=O) groups is 3. The molecule has 0 aromatic heterocycles. The number of quaternary nitrogens is 1. The molecule has 0 radical (unpaired) electrons. The van der Waals surface area contributed by atoms with Crippen molar-refractivity contribution in [3.63, 3.8) is 0 Å². The first kappa shape index (κ1) is 35.1. The van der Waals surface area contributed by atoms with Gasteiger partial charge in [-0.3, -0.25) is 4.79 Å². The number of carboxylic acid groups (broad SMARTS) is 1. The molecule has 0 heterocycles. The minimum absolute atomic E-state index is 0.0514. The molecule has 8 nitrogen and oxygen atoms in total. The van der Waals surface area contributed by atoms with Crippen LogP contribution in [0.5, 0.6) is 0 Å². The van der Waals surface area contributed by atoms with Crippen LogP contribution in [-0.4, -0.2) is 69.5 Å². The van der Waals surface area contributed by atoms with Crippen LogP contribution < -0.4 is 10.4 Å². The summed E-state index contributed by atoms with van der Waals surface area (Å²) in [5, 5.41) is 13.6. The fourth-order valence-electron chi connectivity index (χ4n) is 3.47. The molecule has 8 heteroatoms. The summed E-state index contributed by atoms with van der Waals surface area (Å²) in [5.74, 6) is -1.41. The molecule has 0 bridgehead atoms. The van der Waals surface area contributed by atoms with Crippen LogP contribution >= 0.6 is 0 Å². The van der Waals surface area contributed by atoms with Gasteiger partial charge in [0.1, 0.15) is 13.2 Å². The molecule has 1 unspecified atom stereocenters. The third-order valence-corrected chi connectivity index (χ3v) is 5.28. The minimum Gasteiger partial charge on any atom is -0.550 e. The number of unbranched alkanes of at least 4 members (excludes halogenated alkanes) is 4. The molecule has 1 amide bonds. The number of nitrogens with one attached hydrogen (secondary N) is 1. The molecule has 0 saturated heterocycles. The van der Waals surface area contributed by atoms with Crippen molar-refractivity contribution in [1.82, 2.24) is 5.32 Å². The van der Waals surface area contributed by atoms with E-state index in [1.165, 1.54) is 25.7 Å². The van der Waals surface area contributed by atoms with Gasteiger partial charge in [0.05, 0.1) is 27.7 Å². The van der Waals surface area contributed by atoms with Crippen molar-refractivity contribution >= 4 is 18.0 Å². The number of hydrogen-bond acceptors (Lipinski definition) is 6.